The van der Waals surface area contributed by atoms with Crippen molar-refractivity contribution in [3.05, 3.63) is 48.7 Å². The zero-order valence-electron chi connectivity index (χ0n) is 11.8. The highest BCUT2D eigenvalue weighted by molar-refractivity contribution is 5.51. The van der Waals surface area contributed by atoms with Crippen molar-refractivity contribution < 1.29 is 4.74 Å². The summed E-state index contributed by atoms with van der Waals surface area (Å²) >= 11 is 0. The van der Waals surface area contributed by atoms with Gasteiger partial charge < -0.3 is 15.4 Å². The van der Waals surface area contributed by atoms with Gasteiger partial charge in [0, 0.05) is 31.0 Å². The fraction of sp³-hybridized carbons (Fsp3) is 0.312. The highest BCUT2D eigenvalue weighted by Gasteiger charge is 1.96. The van der Waals surface area contributed by atoms with E-state index in [-0.39, 0.29) is 0 Å². The van der Waals surface area contributed by atoms with Crippen LogP contribution in [0.2, 0.25) is 0 Å². The topological polar surface area (TPSA) is 46.2 Å². The number of hydrogen-bond acceptors (Lipinski definition) is 4. The number of nitrogens with zero attached hydrogens (tertiary/aromatic N) is 1. The van der Waals surface area contributed by atoms with Gasteiger partial charge in [0.15, 0.2) is 0 Å². The SMILES string of the molecule is CCCNc1cc(NCCOc2ccccc2)ccn1. The molecule has 1 aromatic carbocycles. The molecule has 0 aliphatic rings. The van der Waals surface area contributed by atoms with Crippen molar-refractivity contribution in [2.75, 3.05) is 30.3 Å². The second-order valence-corrected chi connectivity index (χ2v) is 4.44. The Labute approximate surface area is 120 Å². The molecule has 20 heavy (non-hydrogen) atoms. The van der Waals surface area contributed by atoms with Gasteiger partial charge in [-0.25, -0.2) is 4.98 Å². The molecule has 1 aromatic heterocycles. The molecule has 0 radical (unpaired) electrons. The largest absolute Gasteiger partial charge is 0.492 e. The van der Waals surface area contributed by atoms with Gasteiger partial charge in [-0.15, -0.1) is 0 Å². The molecule has 1 heterocycles. The van der Waals surface area contributed by atoms with Crippen molar-refractivity contribution >= 4 is 11.5 Å². The van der Waals surface area contributed by atoms with Crippen LogP contribution in [0.15, 0.2) is 48.7 Å². The van der Waals surface area contributed by atoms with E-state index in [4.69, 9.17) is 4.74 Å². The predicted octanol–water partition coefficient (Wildman–Crippen LogP) is 3.39. The highest BCUT2D eigenvalue weighted by atomic mass is 16.5. The summed E-state index contributed by atoms with van der Waals surface area (Å²) in [5.74, 6) is 1.80. The summed E-state index contributed by atoms with van der Waals surface area (Å²) in [6.07, 6.45) is 2.89. The van der Waals surface area contributed by atoms with E-state index in [1.807, 2.05) is 42.5 Å². The van der Waals surface area contributed by atoms with Crippen molar-refractivity contribution in [3.63, 3.8) is 0 Å². The quantitative estimate of drug-likeness (QED) is 0.722. The Balaban J connectivity index is 1.73. The van der Waals surface area contributed by atoms with Crippen LogP contribution in [0, 0.1) is 0 Å². The van der Waals surface area contributed by atoms with E-state index in [2.05, 4.69) is 22.5 Å². The monoisotopic (exact) mass is 271 g/mol. The summed E-state index contributed by atoms with van der Waals surface area (Å²) in [5.41, 5.74) is 1.05. The molecule has 0 spiro atoms. The molecule has 0 saturated heterocycles. The minimum absolute atomic E-state index is 0.629. The first-order valence-electron chi connectivity index (χ1n) is 7.00. The number of aromatic nitrogens is 1. The summed E-state index contributed by atoms with van der Waals surface area (Å²) in [6, 6.07) is 13.8. The Kier molecular flexibility index (Phi) is 5.71. The van der Waals surface area contributed by atoms with Crippen molar-refractivity contribution in [1.29, 1.82) is 0 Å². The number of pyridine rings is 1. The van der Waals surface area contributed by atoms with Crippen molar-refractivity contribution in [3.8, 4) is 5.75 Å². The van der Waals surface area contributed by atoms with Crippen LogP contribution in [0.5, 0.6) is 5.75 Å². The molecule has 0 amide bonds. The molecule has 4 heteroatoms. The van der Waals surface area contributed by atoms with Crippen LogP contribution in [0.3, 0.4) is 0 Å². The highest BCUT2D eigenvalue weighted by Crippen LogP contribution is 2.12. The van der Waals surface area contributed by atoms with Crippen LogP contribution < -0.4 is 15.4 Å². The average Bonchev–Trinajstić information content (AvgIpc) is 2.51. The Hall–Kier alpha value is -2.23. The van der Waals surface area contributed by atoms with Gasteiger partial charge in [0.25, 0.3) is 0 Å². The number of ether oxygens (including phenoxy) is 1. The lowest BCUT2D eigenvalue weighted by molar-refractivity contribution is 0.333. The van der Waals surface area contributed by atoms with Crippen LogP contribution in [0.25, 0.3) is 0 Å². The van der Waals surface area contributed by atoms with E-state index in [1.165, 1.54) is 0 Å². The molecule has 0 fully saturated rings. The van der Waals surface area contributed by atoms with Crippen LogP contribution in [-0.4, -0.2) is 24.7 Å². The van der Waals surface area contributed by atoms with Gasteiger partial charge in [-0.2, -0.15) is 0 Å². The van der Waals surface area contributed by atoms with Crippen molar-refractivity contribution in [1.82, 2.24) is 4.98 Å². The van der Waals surface area contributed by atoms with E-state index < -0.39 is 0 Å². The molecule has 2 aromatic rings. The molecule has 0 aliphatic carbocycles. The third kappa shape index (κ3) is 4.80. The molecule has 4 nitrogen and oxygen atoms in total. The van der Waals surface area contributed by atoms with Gasteiger partial charge in [0.2, 0.25) is 0 Å². The third-order valence-electron chi connectivity index (χ3n) is 2.76. The molecule has 2 rings (SSSR count). The minimum atomic E-state index is 0.629. The van der Waals surface area contributed by atoms with E-state index in [9.17, 15) is 0 Å². The first-order valence-corrected chi connectivity index (χ1v) is 7.00. The van der Waals surface area contributed by atoms with Crippen LogP contribution >= 0.6 is 0 Å². The molecule has 0 saturated carbocycles. The lowest BCUT2D eigenvalue weighted by atomic mass is 10.3. The number of anilines is 2. The second-order valence-electron chi connectivity index (χ2n) is 4.44. The third-order valence-corrected chi connectivity index (χ3v) is 2.76. The minimum Gasteiger partial charge on any atom is -0.492 e. The van der Waals surface area contributed by atoms with Gasteiger partial charge >= 0.3 is 0 Å². The first kappa shape index (κ1) is 14.2. The fourth-order valence-electron chi connectivity index (χ4n) is 1.77. The molecule has 2 N–H and O–H groups in total. The number of benzene rings is 1. The van der Waals surface area contributed by atoms with Gasteiger partial charge in [-0.05, 0) is 24.6 Å². The molecule has 0 aliphatic heterocycles. The normalized spacial score (nSPS) is 10.1. The van der Waals surface area contributed by atoms with Crippen LogP contribution in [0.1, 0.15) is 13.3 Å². The lowest BCUT2D eigenvalue weighted by Crippen LogP contribution is -2.12. The Morgan fingerprint density at radius 3 is 2.70 bits per heavy atom. The lowest BCUT2D eigenvalue weighted by Gasteiger charge is -2.10. The molecular weight excluding hydrogens is 250 g/mol. The maximum absolute atomic E-state index is 5.63. The summed E-state index contributed by atoms with van der Waals surface area (Å²) in [7, 11) is 0. The molecule has 0 bridgehead atoms. The number of hydrogen-bond donors (Lipinski definition) is 2. The van der Waals surface area contributed by atoms with E-state index in [0.29, 0.717) is 6.61 Å². The summed E-state index contributed by atoms with van der Waals surface area (Å²) in [4.78, 5) is 4.27. The number of para-hydroxylation sites is 1. The van der Waals surface area contributed by atoms with E-state index >= 15 is 0 Å². The molecule has 0 unspecified atom stereocenters. The number of nitrogens with one attached hydrogen (secondary N) is 2. The summed E-state index contributed by atoms with van der Waals surface area (Å²) < 4.78 is 5.63. The van der Waals surface area contributed by atoms with Crippen molar-refractivity contribution in [2.45, 2.75) is 13.3 Å². The fourth-order valence-corrected chi connectivity index (χ4v) is 1.77. The summed E-state index contributed by atoms with van der Waals surface area (Å²) in [6.45, 7) is 4.46. The maximum atomic E-state index is 5.63. The van der Waals surface area contributed by atoms with E-state index in [1.54, 1.807) is 6.20 Å². The Morgan fingerprint density at radius 2 is 1.90 bits per heavy atom. The Morgan fingerprint density at radius 1 is 1.05 bits per heavy atom. The first-order chi connectivity index (χ1) is 9.88. The Bertz CT molecular complexity index is 502. The van der Waals surface area contributed by atoms with Crippen LogP contribution in [0.4, 0.5) is 11.5 Å². The molecule has 0 atom stereocenters. The summed E-state index contributed by atoms with van der Waals surface area (Å²) in [5, 5.41) is 6.60. The smallest absolute Gasteiger partial charge is 0.127 e. The second kappa shape index (κ2) is 8.04. The average molecular weight is 271 g/mol. The van der Waals surface area contributed by atoms with Gasteiger partial charge in [0.05, 0.1) is 0 Å². The van der Waals surface area contributed by atoms with E-state index in [0.717, 1.165) is 36.8 Å². The van der Waals surface area contributed by atoms with Gasteiger partial charge in [-0.1, -0.05) is 25.1 Å². The molecule has 106 valence electrons. The van der Waals surface area contributed by atoms with Gasteiger partial charge in [0.1, 0.15) is 18.2 Å². The van der Waals surface area contributed by atoms with Gasteiger partial charge in [-0.3, -0.25) is 0 Å². The number of rotatable bonds is 8. The van der Waals surface area contributed by atoms with Crippen molar-refractivity contribution in [2.24, 2.45) is 0 Å². The maximum Gasteiger partial charge on any atom is 0.127 e. The van der Waals surface area contributed by atoms with Crippen LogP contribution in [-0.2, 0) is 0 Å². The molecular formula is C16H21N3O. The standard InChI is InChI=1S/C16H21N3O/c1-2-9-18-16-13-14(8-10-19-16)17-11-12-20-15-6-4-3-5-7-15/h3-8,10,13H,2,9,11-12H2,1H3,(H2,17,18,19). The zero-order chi connectivity index (χ0) is 14.0. The predicted molar refractivity (Wildman–Crippen MR) is 83.4 cm³/mol. The zero-order valence-corrected chi connectivity index (χ0v) is 11.8.